The van der Waals surface area contributed by atoms with E-state index < -0.39 is 5.60 Å². The molecule has 5 heteroatoms. The number of ether oxygens (including phenoxy) is 1. The summed E-state index contributed by atoms with van der Waals surface area (Å²) in [7, 11) is 0. The molecule has 1 saturated heterocycles. The lowest BCUT2D eigenvalue weighted by atomic mass is 9.89. The summed E-state index contributed by atoms with van der Waals surface area (Å²) >= 11 is 0. The van der Waals surface area contributed by atoms with Crippen LogP contribution in [0, 0.1) is 0 Å². The van der Waals surface area contributed by atoms with Gasteiger partial charge in [-0.25, -0.2) is 4.79 Å². The maximum atomic E-state index is 12.2. The number of fused-ring (bicyclic) bond motifs is 4. The van der Waals surface area contributed by atoms with E-state index in [2.05, 4.69) is 10.2 Å². The molecule has 1 amide bonds. The molecule has 0 radical (unpaired) electrons. The van der Waals surface area contributed by atoms with Crippen molar-refractivity contribution in [2.75, 3.05) is 6.54 Å². The maximum absolute atomic E-state index is 12.2. The standard InChI is InChI=1S/C13H19N3O2/c1-13(2,3)18-12(17)16-7-9-5-10(16)4-8-6-14-15-11(8)9/h6,9-10H,4-5,7H2,1-3H3,(H,14,15). The van der Waals surface area contributed by atoms with Crippen LogP contribution in [0.4, 0.5) is 4.79 Å². The number of aromatic amines is 1. The number of carbonyl (C=O) groups excluding carboxylic acids is 1. The van der Waals surface area contributed by atoms with Gasteiger partial charge < -0.3 is 9.64 Å². The summed E-state index contributed by atoms with van der Waals surface area (Å²) in [5, 5.41) is 7.16. The molecule has 1 fully saturated rings. The first-order valence-corrected chi connectivity index (χ1v) is 6.46. The number of likely N-dealkylation sites (tertiary alicyclic amines) is 1. The van der Waals surface area contributed by atoms with Crippen LogP contribution in [0.3, 0.4) is 0 Å². The number of hydrogen-bond acceptors (Lipinski definition) is 3. The first-order chi connectivity index (χ1) is 8.44. The minimum atomic E-state index is -0.427. The first kappa shape index (κ1) is 11.6. The highest BCUT2D eigenvalue weighted by atomic mass is 16.6. The van der Waals surface area contributed by atoms with Gasteiger partial charge in [0.05, 0.1) is 6.20 Å². The Morgan fingerprint density at radius 2 is 2.33 bits per heavy atom. The number of rotatable bonds is 0. The van der Waals surface area contributed by atoms with Crippen LogP contribution in [0.25, 0.3) is 0 Å². The second-order valence-corrected chi connectivity index (χ2v) is 6.23. The molecule has 18 heavy (non-hydrogen) atoms. The van der Waals surface area contributed by atoms with Gasteiger partial charge in [0, 0.05) is 24.2 Å². The summed E-state index contributed by atoms with van der Waals surface area (Å²) in [5.74, 6) is 0.397. The predicted molar refractivity (Wildman–Crippen MR) is 66.4 cm³/mol. The van der Waals surface area contributed by atoms with Crippen molar-refractivity contribution in [3.63, 3.8) is 0 Å². The minimum Gasteiger partial charge on any atom is -0.444 e. The summed E-state index contributed by atoms with van der Waals surface area (Å²) in [5.41, 5.74) is 2.03. The molecule has 2 atom stereocenters. The molecule has 2 aliphatic rings. The number of aromatic nitrogens is 2. The SMILES string of the molecule is CC(C)(C)OC(=O)N1CC2CC1Cc1cn[nH]c12. The summed E-state index contributed by atoms with van der Waals surface area (Å²) in [6.07, 6.45) is 3.61. The fourth-order valence-corrected chi connectivity index (χ4v) is 2.95. The number of nitrogens with zero attached hydrogens (tertiary/aromatic N) is 2. The second kappa shape index (κ2) is 3.73. The van der Waals surface area contributed by atoms with Crippen molar-refractivity contribution < 1.29 is 9.53 Å². The van der Waals surface area contributed by atoms with E-state index in [-0.39, 0.29) is 12.1 Å². The molecule has 1 aliphatic carbocycles. The average Bonchev–Trinajstić information content (AvgIpc) is 2.82. The molecule has 2 bridgehead atoms. The molecule has 5 nitrogen and oxygen atoms in total. The third-order valence-electron chi connectivity index (χ3n) is 3.66. The lowest BCUT2D eigenvalue weighted by Crippen LogP contribution is -2.40. The molecular formula is C13H19N3O2. The lowest BCUT2D eigenvalue weighted by Gasteiger charge is -2.28. The maximum Gasteiger partial charge on any atom is 0.410 e. The Bertz CT molecular complexity index is 475. The molecule has 2 unspecified atom stereocenters. The van der Waals surface area contributed by atoms with Crippen molar-refractivity contribution in [3.8, 4) is 0 Å². The zero-order chi connectivity index (χ0) is 12.9. The van der Waals surface area contributed by atoms with Crippen LogP contribution in [0.2, 0.25) is 0 Å². The number of carbonyl (C=O) groups is 1. The molecule has 3 rings (SSSR count). The van der Waals surface area contributed by atoms with Gasteiger partial charge in [-0.15, -0.1) is 0 Å². The molecule has 0 saturated carbocycles. The van der Waals surface area contributed by atoms with Gasteiger partial charge in [0.15, 0.2) is 0 Å². The van der Waals surface area contributed by atoms with Crippen molar-refractivity contribution in [2.45, 2.75) is 51.2 Å². The van der Waals surface area contributed by atoms with E-state index in [1.165, 1.54) is 11.3 Å². The third-order valence-corrected chi connectivity index (χ3v) is 3.66. The molecule has 0 spiro atoms. The van der Waals surface area contributed by atoms with Crippen molar-refractivity contribution >= 4 is 6.09 Å². The Balaban J connectivity index is 1.76. The van der Waals surface area contributed by atoms with Gasteiger partial charge >= 0.3 is 6.09 Å². The fraction of sp³-hybridized carbons (Fsp3) is 0.692. The minimum absolute atomic E-state index is 0.187. The summed E-state index contributed by atoms with van der Waals surface area (Å²) in [4.78, 5) is 14.0. The average molecular weight is 249 g/mol. The van der Waals surface area contributed by atoms with Crippen LogP contribution in [-0.2, 0) is 11.2 Å². The Morgan fingerprint density at radius 3 is 3.06 bits per heavy atom. The van der Waals surface area contributed by atoms with E-state index in [9.17, 15) is 4.79 Å². The van der Waals surface area contributed by atoms with Crippen molar-refractivity contribution in [3.05, 3.63) is 17.5 Å². The second-order valence-electron chi connectivity index (χ2n) is 6.23. The van der Waals surface area contributed by atoms with Gasteiger partial charge in [-0.05, 0) is 39.2 Å². The van der Waals surface area contributed by atoms with Gasteiger partial charge in [0.25, 0.3) is 0 Å². The van der Waals surface area contributed by atoms with E-state index in [0.717, 1.165) is 19.4 Å². The highest BCUT2D eigenvalue weighted by Crippen LogP contribution is 2.39. The Hall–Kier alpha value is -1.52. The molecule has 1 N–H and O–H groups in total. The van der Waals surface area contributed by atoms with Crippen molar-refractivity contribution in [1.29, 1.82) is 0 Å². The van der Waals surface area contributed by atoms with Crippen LogP contribution in [0.1, 0.15) is 44.4 Å². The topological polar surface area (TPSA) is 58.2 Å². The molecule has 98 valence electrons. The van der Waals surface area contributed by atoms with E-state index in [0.29, 0.717) is 5.92 Å². The van der Waals surface area contributed by atoms with Gasteiger partial charge in [-0.3, -0.25) is 5.10 Å². The monoisotopic (exact) mass is 249 g/mol. The van der Waals surface area contributed by atoms with Crippen LogP contribution >= 0.6 is 0 Å². The highest BCUT2D eigenvalue weighted by molar-refractivity contribution is 5.69. The Morgan fingerprint density at radius 1 is 1.56 bits per heavy atom. The lowest BCUT2D eigenvalue weighted by molar-refractivity contribution is 0.0228. The molecule has 0 aromatic carbocycles. The number of H-pyrrole nitrogens is 1. The summed E-state index contributed by atoms with van der Waals surface area (Å²) in [6, 6.07) is 0.273. The fourth-order valence-electron chi connectivity index (χ4n) is 2.95. The van der Waals surface area contributed by atoms with Crippen molar-refractivity contribution in [2.24, 2.45) is 0 Å². The Labute approximate surface area is 107 Å². The van der Waals surface area contributed by atoms with Crippen LogP contribution < -0.4 is 0 Å². The van der Waals surface area contributed by atoms with Gasteiger partial charge in [0.2, 0.25) is 0 Å². The van der Waals surface area contributed by atoms with E-state index >= 15 is 0 Å². The quantitative estimate of drug-likeness (QED) is 0.765. The zero-order valence-corrected chi connectivity index (χ0v) is 11.1. The molecule has 1 aromatic heterocycles. The number of nitrogens with one attached hydrogen (secondary N) is 1. The van der Waals surface area contributed by atoms with Crippen LogP contribution in [0.5, 0.6) is 0 Å². The molecule has 2 heterocycles. The third kappa shape index (κ3) is 1.87. The van der Waals surface area contributed by atoms with Crippen molar-refractivity contribution in [1.82, 2.24) is 15.1 Å². The van der Waals surface area contributed by atoms with Gasteiger partial charge in [0.1, 0.15) is 5.60 Å². The molecule has 1 aliphatic heterocycles. The first-order valence-electron chi connectivity index (χ1n) is 6.46. The van der Waals surface area contributed by atoms with E-state index in [1.807, 2.05) is 31.9 Å². The Kier molecular flexibility index (Phi) is 2.40. The van der Waals surface area contributed by atoms with Gasteiger partial charge in [-0.1, -0.05) is 0 Å². The predicted octanol–water partition coefficient (Wildman–Crippen LogP) is 2.06. The van der Waals surface area contributed by atoms with E-state index in [4.69, 9.17) is 4.74 Å². The largest absolute Gasteiger partial charge is 0.444 e. The normalized spacial score (nSPS) is 26.1. The molecule has 1 aromatic rings. The summed E-state index contributed by atoms with van der Waals surface area (Å²) in [6.45, 7) is 6.45. The smallest absolute Gasteiger partial charge is 0.410 e. The van der Waals surface area contributed by atoms with Crippen LogP contribution in [0.15, 0.2) is 6.20 Å². The summed E-state index contributed by atoms with van der Waals surface area (Å²) < 4.78 is 5.47. The zero-order valence-electron chi connectivity index (χ0n) is 11.1. The number of hydrogen-bond donors (Lipinski definition) is 1. The van der Waals surface area contributed by atoms with Gasteiger partial charge in [-0.2, -0.15) is 5.10 Å². The number of amides is 1. The van der Waals surface area contributed by atoms with Crippen LogP contribution in [-0.4, -0.2) is 39.4 Å². The molecular weight excluding hydrogens is 230 g/mol. The highest BCUT2D eigenvalue weighted by Gasteiger charge is 2.43. The van der Waals surface area contributed by atoms with E-state index in [1.54, 1.807) is 0 Å².